The zero-order valence-corrected chi connectivity index (χ0v) is 11.8. The average molecular weight is 240 g/mol. The lowest BCUT2D eigenvalue weighted by Crippen LogP contribution is -2.59. The van der Waals surface area contributed by atoms with Gasteiger partial charge in [-0.05, 0) is 20.8 Å². The van der Waals surface area contributed by atoms with E-state index in [2.05, 4.69) is 0 Å². The summed E-state index contributed by atoms with van der Waals surface area (Å²) in [5.41, 5.74) is -0.571. The van der Waals surface area contributed by atoms with Crippen molar-refractivity contribution in [2.45, 2.75) is 47.1 Å². The molecule has 1 heterocycles. The Kier molecular flexibility index (Phi) is 3.55. The van der Waals surface area contributed by atoms with E-state index in [0.29, 0.717) is 13.1 Å². The maximum atomic E-state index is 12.1. The molecule has 1 aliphatic heterocycles. The summed E-state index contributed by atoms with van der Waals surface area (Å²) in [7, 11) is 0. The quantitative estimate of drug-likeness (QED) is 0.644. The Morgan fingerprint density at radius 3 is 1.94 bits per heavy atom. The van der Waals surface area contributed by atoms with Crippen LogP contribution in [0.5, 0.6) is 0 Å². The van der Waals surface area contributed by atoms with Gasteiger partial charge in [-0.3, -0.25) is 9.59 Å². The zero-order chi connectivity index (χ0) is 13.4. The molecule has 4 heteroatoms. The van der Waals surface area contributed by atoms with Gasteiger partial charge in [0, 0.05) is 24.0 Å². The van der Waals surface area contributed by atoms with Gasteiger partial charge in [0.2, 0.25) is 11.8 Å². The Balaban J connectivity index is 2.72. The summed E-state index contributed by atoms with van der Waals surface area (Å²) >= 11 is 0. The Morgan fingerprint density at radius 2 is 1.59 bits per heavy atom. The third kappa shape index (κ3) is 3.20. The van der Waals surface area contributed by atoms with Gasteiger partial charge in [-0.2, -0.15) is 0 Å². The van der Waals surface area contributed by atoms with E-state index in [1.54, 1.807) is 4.90 Å². The van der Waals surface area contributed by atoms with Crippen LogP contribution in [0.25, 0.3) is 0 Å². The SMILES string of the molecule is CC(C)(C)C(=O)N1CCN(C(C)(C)C)C(=O)C1. The fraction of sp³-hybridized carbons (Fsp3) is 0.846. The molecule has 17 heavy (non-hydrogen) atoms. The summed E-state index contributed by atoms with van der Waals surface area (Å²) in [6, 6.07) is 0. The fourth-order valence-corrected chi connectivity index (χ4v) is 2.03. The third-order valence-corrected chi connectivity index (χ3v) is 2.96. The van der Waals surface area contributed by atoms with Gasteiger partial charge < -0.3 is 9.80 Å². The molecular formula is C13H24N2O2. The first-order valence-corrected chi connectivity index (χ1v) is 6.13. The van der Waals surface area contributed by atoms with E-state index < -0.39 is 5.41 Å². The van der Waals surface area contributed by atoms with Gasteiger partial charge in [0.05, 0.1) is 6.54 Å². The van der Waals surface area contributed by atoms with Crippen molar-refractivity contribution in [3.05, 3.63) is 0 Å². The standard InChI is InChI=1S/C13H24N2O2/c1-12(2,3)11(17)14-7-8-15(10(16)9-14)13(4,5)6/h7-9H2,1-6H3. The number of amides is 2. The molecule has 1 aliphatic rings. The number of carbonyl (C=O) groups is 2. The second kappa shape index (κ2) is 4.31. The minimum Gasteiger partial charge on any atom is -0.335 e. The number of piperazine rings is 1. The number of hydrogen-bond donors (Lipinski definition) is 0. The van der Waals surface area contributed by atoms with Crippen LogP contribution >= 0.6 is 0 Å². The zero-order valence-electron chi connectivity index (χ0n) is 11.8. The predicted octanol–water partition coefficient (Wildman–Crippen LogP) is 1.50. The van der Waals surface area contributed by atoms with E-state index in [0.717, 1.165) is 0 Å². The molecule has 1 saturated heterocycles. The van der Waals surface area contributed by atoms with Crippen LogP contribution in [-0.2, 0) is 9.59 Å². The minimum absolute atomic E-state index is 0.0429. The van der Waals surface area contributed by atoms with Crippen LogP contribution in [0.15, 0.2) is 0 Å². The molecule has 0 aromatic rings. The van der Waals surface area contributed by atoms with Crippen LogP contribution in [0.3, 0.4) is 0 Å². The highest BCUT2D eigenvalue weighted by atomic mass is 16.2. The summed E-state index contributed by atoms with van der Waals surface area (Å²) < 4.78 is 0. The molecule has 0 saturated carbocycles. The van der Waals surface area contributed by atoms with Gasteiger partial charge in [-0.1, -0.05) is 20.8 Å². The van der Waals surface area contributed by atoms with Crippen molar-refractivity contribution in [2.75, 3.05) is 19.6 Å². The molecule has 2 amide bonds. The molecule has 0 unspecified atom stereocenters. The van der Waals surface area contributed by atoms with Crippen molar-refractivity contribution in [3.8, 4) is 0 Å². The highest BCUT2D eigenvalue weighted by molar-refractivity contribution is 5.88. The molecule has 0 radical (unpaired) electrons. The molecule has 1 rings (SSSR count). The maximum absolute atomic E-state index is 12.1. The second-order valence-electron chi connectivity index (χ2n) is 6.69. The van der Waals surface area contributed by atoms with E-state index in [1.165, 1.54) is 0 Å². The van der Waals surface area contributed by atoms with Gasteiger partial charge in [0.15, 0.2) is 0 Å². The fourth-order valence-electron chi connectivity index (χ4n) is 2.03. The normalized spacial score (nSPS) is 18.6. The molecule has 0 aromatic heterocycles. The number of rotatable bonds is 0. The highest BCUT2D eigenvalue weighted by Crippen LogP contribution is 2.21. The van der Waals surface area contributed by atoms with Crippen LogP contribution in [0.1, 0.15) is 41.5 Å². The summed E-state index contributed by atoms with van der Waals surface area (Å²) in [5, 5.41) is 0. The van der Waals surface area contributed by atoms with E-state index in [-0.39, 0.29) is 23.9 Å². The van der Waals surface area contributed by atoms with Crippen molar-refractivity contribution >= 4 is 11.8 Å². The molecular weight excluding hydrogens is 216 g/mol. The van der Waals surface area contributed by atoms with E-state index in [9.17, 15) is 9.59 Å². The lowest BCUT2D eigenvalue weighted by atomic mass is 9.94. The van der Waals surface area contributed by atoms with Crippen molar-refractivity contribution in [2.24, 2.45) is 5.41 Å². The third-order valence-electron chi connectivity index (χ3n) is 2.96. The Labute approximate surface area is 104 Å². The molecule has 4 nitrogen and oxygen atoms in total. The summed E-state index contributed by atoms with van der Waals surface area (Å²) in [5.74, 6) is 0.0979. The monoisotopic (exact) mass is 240 g/mol. The molecule has 0 spiro atoms. The number of carbonyl (C=O) groups excluding carboxylic acids is 2. The molecule has 98 valence electrons. The van der Waals surface area contributed by atoms with Crippen molar-refractivity contribution < 1.29 is 9.59 Å². The van der Waals surface area contributed by atoms with E-state index in [1.807, 2.05) is 46.4 Å². The molecule has 0 aliphatic carbocycles. The summed E-state index contributed by atoms with van der Waals surface area (Å²) in [4.78, 5) is 27.6. The first-order chi connectivity index (χ1) is 7.53. The van der Waals surface area contributed by atoms with Gasteiger partial charge in [-0.25, -0.2) is 0 Å². The summed E-state index contributed by atoms with van der Waals surface area (Å²) in [6.07, 6.45) is 0. The molecule has 0 atom stereocenters. The molecule has 0 bridgehead atoms. The van der Waals surface area contributed by atoms with E-state index >= 15 is 0 Å². The van der Waals surface area contributed by atoms with Gasteiger partial charge in [0.1, 0.15) is 0 Å². The highest BCUT2D eigenvalue weighted by Gasteiger charge is 2.36. The lowest BCUT2D eigenvalue weighted by molar-refractivity contribution is -0.153. The summed E-state index contributed by atoms with van der Waals surface area (Å²) in [6.45, 7) is 13.2. The van der Waals surface area contributed by atoms with Crippen molar-refractivity contribution in [3.63, 3.8) is 0 Å². The van der Waals surface area contributed by atoms with Crippen molar-refractivity contribution in [1.29, 1.82) is 0 Å². The minimum atomic E-state index is -0.413. The van der Waals surface area contributed by atoms with Crippen LogP contribution in [0, 0.1) is 5.41 Å². The largest absolute Gasteiger partial charge is 0.335 e. The van der Waals surface area contributed by atoms with Crippen LogP contribution < -0.4 is 0 Å². The predicted molar refractivity (Wildman–Crippen MR) is 67.5 cm³/mol. The maximum Gasteiger partial charge on any atom is 0.242 e. The molecule has 0 N–H and O–H groups in total. The first-order valence-electron chi connectivity index (χ1n) is 6.13. The molecule has 1 fully saturated rings. The topological polar surface area (TPSA) is 40.6 Å². The molecule has 0 aromatic carbocycles. The van der Waals surface area contributed by atoms with E-state index in [4.69, 9.17) is 0 Å². The van der Waals surface area contributed by atoms with Gasteiger partial charge in [0.25, 0.3) is 0 Å². The van der Waals surface area contributed by atoms with Gasteiger partial charge in [-0.15, -0.1) is 0 Å². The van der Waals surface area contributed by atoms with Crippen LogP contribution in [-0.4, -0.2) is 46.8 Å². The van der Waals surface area contributed by atoms with Crippen LogP contribution in [0.2, 0.25) is 0 Å². The Bertz CT molecular complexity index is 323. The van der Waals surface area contributed by atoms with Crippen LogP contribution in [0.4, 0.5) is 0 Å². The van der Waals surface area contributed by atoms with Crippen molar-refractivity contribution in [1.82, 2.24) is 9.80 Å². The smallest absolute Gasteiger partial charge is 0.242 e. The lowest BCUT2D eigenvalue weighted by Gasteiger charge is -2.43. The average Bonchev–Trinajstić information content (AvgIpc) is 2.12. The first kappa shape index (κ1) is 14.0. The number of hydrogen-bond acceptors (Lipinski definition) is 2. The van der Waals surface area contributed by atoms with Gasteiger partial charge >= 0.3 is 0 Å². The number of nitrogens with zero attached hydrogens (tertiary/aromatic N) is 2. The second-order valence-corrected chi connectivity index (χ2v) is 6.69. The Morgan fingerprint density at radius 1 is 1.06 bits per heavy atom. The Hall–Kier alpha value is -1.06.